The number of aryl methyl sites for hydroxylation is 1. The van der Waals surface area contributed by atoms with Crippen molar-refractivity contribution in [2.75, 3.05) is 23.7 Å². The first-order valence-electron chi connectivity index (χ1n) is 8.95. The summed E-state index contributed by atoms with van der Waals surface area (Å²) >= 11 is 5.89. The van der Waals surface area contributed by atoms with Gasteiger partial charge in [-0.3, -0.25) is 9.10 Å². The van der Waals surface area contributed by atoms with Crippen LogP contribution in [0.3, 0.4) is 0 Å². The number of nitrogens with zero attached hydrogens (tertiary/aromatic N) is 1. The maximum absolute atomic E-state index is 12.7. The molecule has 0 saturated heterocycles. The Morgan fingerprint density at radius 1 is 1.18 bits per heavy atom. The van der Waals surface area contributed by atoms with E-state index < -0.39 is 16.1 Å². The van der Waals surface area contributed by atoms with E-state index in [9.17, 15) is 13.2 Å². The number of benzene rings is 2. The number of sulfonamides is 1. The lowest BCUT2D eigenvalue weighted by atomic mass is 10.2. The summed E-state index contributed by atoms with van der Waals surface area (Å²) in [4.78, 5) is 12.7. The van der Waals surface area contributed by atoms with Crippen LogP contribution in [0.15, 0.2) is 48.5 Å². The smallest absolute Gasteiger partial charge is 0.244 e. The van der Waals surface area contributed by atoms with Crippen molar-refractivity contribution in [3.8, 4) is 5.75 Å². The molecule has 0 aromatic heterocycles. The fourth-order valence-electron chi connectivity index (χ4n) is 2.82. The molecule has 0 spiro atoms. The summed E-state index contributed by atoms with van der Waals surface area (Å²) in [5, 5.41) is 3.25. The molecule has 2 aromatic rings. The molecule has 0 aliphatic carbocycles. The topological polar surface area (TPSA) is 75.7 Å². The van der Waals surface area contributed by atoms with Gasteiger partial charge in [0, 0.05) is 5.02 Å². The Labute approximate surface area is 171 Å². The third-order valence-corrected chi connectivity index (χ3v) is 5.60. The number of para-hydroxylation sites is 1. The molecule has 28 heavy (non-hydrogen) atoms. The lowest BCUT2D eigenvalue weighted by Gasteiger charge is -2.30. The average molecular weight is 425 g/mol. The van der Waals surface area contributed by atoms with Crippen LogP contribution in [0.2, 0.25) is 5.02 Å². The van der Waals surface area contributed by atoms with E-state index in [2.05, 4.69) is 5.32 Å². The van der Waals surface area contributed by atoms with E-state index in [4.69, 9.17) is 16.3 Å². The molecule has 0 aliphatic rings. The van der Waals surface area contributed by atoms with Crippen LogP contribution in [0.1, 0.15) is 18.9 Å². The number of anilines is 1. The predicted octanol–water partition coefficient (Wildman–Crippen LogP) is 3.39. The second kappa shape index (κ2) is 9.80. The fraction of sp³-hybridized carbons (Fsp3) is 0.350. The number of nitrogens with one attached hydrogen (secondary N) is 1. The minimum atomic E-state index is -3.67. The van der Waals surface area contributed by atoms with Crippen LogP contribution in [0, 0.1) is 6.92 Å². The van der Waals surface area contributed by atoms with Crippen molar-refractivity contribution in [2.45, 2.75) is 26.3 Å². The summed E-state index contributed by atoms with van der Waals surface area (Å²) in [7, 11) is -3.67. The number of halogens is 1. The lowest BCUT2D eigenvalue weighted by Crippen LogP contribution is -2.50. The third kappa shape index (κ3) is 5.87. The van der Waals surface area contributed by atoms with Crippen molar-refractivity contribution in [1.82, 2.24) is 5.32 Å². The van der Waals surface area contributed by atoms with E-state index in [0.29, 0.717) is 17.1 Å². The van der Waals surface area contributed by atoms with Gasteiger partial charge in [0.2, 0.25) is 15.9 Å². The van der Waals surface area contributed by atoms with Gasteiger partial charge in [0.25, 0.3) is 0 Å². The highest BCUT2D eigenvalue weighted by atomic mass is 35.5. The number of carbonyl (C=O) groups is 1. The van der Waals surface area contributed by atoms with Crippen molar-refractivity contribution in [3.05, 3.63) is 59.1 Å². The summed E-state index contributed by atoms with van der Waals surface area (Å²) in [5.41, 5.74) is 1.40. The Hall–Kier alpha value is -2.25. The molecule has 6 nitrogen and oxygen atoms in total. The highest BCUT2D eigenvalue weighted by Crippen LogP contribution is 2.24. The van der Waals surface area contributed by atoms with E-state index >= 15 is 0 Å². The minimum absolute atomic E-state index is 0.266. The van der Waals surface area contributed by atoms with Crippen LogP contribution in [-0.4, -0.2) is 39.8 Å². The molecule has 1 amide bonds. The Balaban J connectivity index is 2.05. The molecular formula is C20H25ClN2O4S. The lowest BCUT2D eigenvalue weighted by molar-refractivity contribution is -0.122. The van der Waals surface area contributed by atoms with Crippen molar-refractivity contribution in [2.24, 2.45) is 0 Å². The first kappa shape index (κ1) is 22.0. The molecule has 0 aliphatic heterocycles. The molecule has 1 N–H and O–H groups in total. The minimum Gasteiger partial charge on any atom is -0.491 e. The van der Waals surface area contributed by atoms with Gasteiger partial charge in [-0.1, -0.05) is 36.7 Å². The van der Waals surface area contributed by atoms with Crippen molar-refractivity contribution in [3.63, 3.8) is 0 Å². The second-order valence-electron chi connectivity index (χ2n) is 6.36. The van der Waals surface area contributed by atoms with Crippen LogP contribution in [0.4, 0.5) is 5.69 Å². The summed E-state index contributed by atoms with van der Waals surface area (Å²) in [6.07, 6.45) is 1.40. The SMILES string of the molecule is CC[C@H](C(=O)NCCOc1ccccc1C)N(c1ccc(Cl)cc1)S(C)(=O)=O. The Kier molecular flexibility index (Phi) is 7.71. The molecule has 2 aromatic carbocycles. The van der Waals surface area contributed by atoms with Gasteiger partial charge in [-0.15, -0.1) is 0 Å². The summed E-state index contributed by atoms with van der Waals surface area (Å²) in [5.74, 6) is 0.374. The largest absolute Gasteiger partial charge is 0.491 e. The van der Waals surface area contributed by atoms with Gasteiger partial charge in [-0.05, 0) is 49.2 Å². The van der Waals surface area contributed by atoms with E-state index in [-0.39, 0.29) is 19.1 Å². The van der Waals surface area contributed by atoms with Gasteiger partial charge in [0.1, 0.15) is 18.4 Å². The van der Waals surface area contributed by atoms with Crippen LogP contribution in [-0.2, 0) is 14.8 Å². The number of ether oxygens (including phenoxy) is 1. The predicted molar refractivity (Wildman–Crippen MR) is 113 cm³/mol. The van der Waals surface area contributed by atoms with Crippen molar-refractivity contribution in [1.29, 1.82) is 0 Å². The molecule has 0 saturated carbocycles. The zero-order chi connectivity index (χ0) is 20.7. The molecule has 2 rings (SSSR count). The van der Waals surface area contributed by atoms with Crippen LogP contribution < -0.4 is 14.4 Å². The fourth-order valence-corrected chi connectivity index (χ4v) is 4.16. The Bertz CT molecular complexity index is 901. The van der Waals surface area contributed by atoms with Crippen molar-refractivity contribution < 1.29 is 17.9 Å². The first-order valence-corrected chi connectivity index (χ1v) is 11.2. The molecule has 1 atom stereocenters. The second-order valence-corrected chi connectivity index (χ2v) is 8.66. The van der Waals surface area contributed by atoms with Gasteiger partial charge in [-0.25, -0.2) is 8.42 Å². The quantitative estimate of drug-likeness (QED) is 0.626. The number of hydrogen-bond acceptors (Lipinski definition) is 4. The standard InChI is InChI=1S/C20H25ClN2O4S/c1-4-18(23(28(3,25)26)17-11-9-16(21)10-12-17)20(24)22-13-14-27-19-8-6-5-7-15(19)2/h5-12,18H,4,13-14H2,1-3H3,(H,22,24)/t18-/m1/s1. The molecule has 0 bridgehead atoms. The number of amides is 1. The maximum Gasteiger partial charge on any atom is 0.244 e. The molecule has 8 heteroatoms. The number of hydrogen-bond donors (Lipinski definition) is 1. The van der Waals surface area contributed by atoms with Gasteiger partial charge in [-0.2, -0.15) is 0 Å². The van der Waals surface area contributed by atoms with Crippen molar-refractivity contribution >= 4 is 33.2 Å². The van der Waals surface area contributed by atoms with Crippen LogP contribution >= 0.6 is 11.6 Å². The zero-order valence-electron chi connectivity index (χ0n) is 16.2. The van der Waals surface area contributed by atoms with Gasteiger partial charge in [0.05, 0.1) is 18.5 Å². The third-order valence-electron chi connectivity index (χ3n) is 4.16. The van der Waals surface area contributed by atoms with Crippen LogP contribution in [0.25, 0.3) is 0 Å². The highest BCUT2D eigenvalue weighted by molar-refractivity contribution is 7.92. The monoisotopic (exact) mass is 424 g/mol. The molecular weight excluding hydrogens is 400 g/mol. The normalized spacial score (nSPS) is 12.3. The van der Waals surface area contributed by atoms with Gasteiger partial charge >= 0.3 is 0 Å². The van der Waals surface area contributed by atoms with Gasteiger partial charge in [0.15, 0.2) is 0 Å². The highest BCUT2D eigenvalue weighted by Gasteiger charge is 2.31. The zero-order valence-corrected chi connectivity index (χ0v) is 17.8. The van der Waals surface area contributed by atoms with Gasteiger partial charge < -0.3 is 10.1 Å². The van der Waals surface area contributed by atoms with E-state index in [0.717, 1.165) is 21.9 Å². The molecule has 0 radical (unpaired) electrons. The van der Waals surface area contributed by atoms with E-state index in [1.165, 1.54) is 0 Å². The first-order chi connectivity index (χ1) is 13.2. The van der Waals surface area contributed by atoms with Crippen LogP contribution in [0.5, 0.6) is 5.75 Å². The Morgan fingerprint density at radius 2 is 1.82 bits per heavy atom. The number of rotatable bonds is 9. The molecule has 0 heterocycles. The maximum atomic E-state index is 12.7. The summed E-state index contributed by atoms with van der Waals surface area (Å²) in [6, 6.07) is 13.1. The molecule has 0 fully saturated rings. The summed E-state index contributed by atoms with van der Waals surface area (Å²) in [6.45, 7) is 4.26. The van der Waals surface area contributed by atoms with E-state index in [1.807, 2.05) is 31.2 Å². The average Bonchev–Trinajstić information content (AvgIpc) is 2.64. The Morgan fingerprint density at radius 3 is 2.39 bits per heavy atom. The number of carbonyl (C=O) groups excluding carboxylic acids is 1. The summed E-state index contributed by atoms with van der Waals surface area (Å²) < 4.78 is 31.5. The van der Waals surface area contributed by atoms with E-state index in [1.54, 1.807) is 31.2 Å². The molecule has 0 unspecified atom stereocenters. The molecule has 152 valence electrons.